The van der Waals surface area contributed by atoms with Gasteiger partial charge in [-0.1, -0.05) is 25.1 Å². The third-order valence-electron chi connectivity index (χ3n) is 2.81. The third kappa shape index (κ3) is 6.78. The van der Waals surface area contributed by atoms with Gasteiger partial charge in [0.15, 0.2) is 0 Å². The molecule has 0 saturated carbocycles. The fraction of sp³-hybridized carbons (Fsp3) is 0.467. The van der Waals surface area contributed by atoms with Crippen LogP contribution >= 0.6 is 0 Å². The van der Waals surface area contributed by atoms with Crippen molar-refractivity contribution in [1.82, 2.24) is 10.6 Å². The van der Waals surface area contributed by atoms with Crippen molar-refractivity contribution in [1.29, 1.82) is 0 Å². The van der Waals surface area contributed by atoms with Crippen LogP contribution in [0.4, 0.5) is 0 Å². The predicted molar refractivity (Wildman–Crippen MR) is 77.5 cm³/mol. The van der Waals surface area contributed by atoms with Crippen LogP contribution in [0.1, 0.15) is 26.7 Å². The number of nitrogens with one attached hydrogen (secondary N) is 2. The van der Waals surface area contributed by atoms with E-state index in [9.17, 15) is 9.59 Å². The highest BCUT2D eigenvalue weighted by Gasteiger charge is 2.07. The van der Waals surface area contributed by atoms with Crippen molar-refractivity contribution in [3.8, 4) is 5.75 Å². The van der Waals surface area contributed by atoms with Crippen LogP contribution in [0.2, 0.25) is 0 Å². The fourth-order valence-corrected chi connectivity index (χ4v) is 1.47. The van der Waals surface area contributed by atoms with Crippen LogP contribution in [0.15, 0.2) is 30.3 Å². The summed E-state index contributed by atoms with van der Waals surface area (Å²) in [7, 11) is 0. The van der Waals surface area contributed by atoms with Crippen LogP contribution in [0.3, 0.4) is 0 Å². The summed E-state index contributed by atoms with van der Waals surface area (Å²) in [6, 6.07) is 9.43. The van der Waals surface area contributed by atoms with Crippen LogP contribution in [0, 0.1) is 0 Å². The topological polar surface area (TPSA) is 67.4 Å². The van der Waals surface area contributed by atoms with Crippen LogP contribution < -0.4 is 15.4 Å². The van der Waals surface area contributed by atoms with E-state index in [-0.39, 0.29) is 30.8 Å². The zero-order chi connectivity index (χ0) is 14.8. The van der Waals surface area contributed by atoms with E-state index in [0.717, 1.165) is 12.2 Å². The molecule has 0 spiro atoms. The molecular weight excluding hydrogens is 256 g/mol. The molecule has 1 unspecified atom stereocenters. The van der Waals surface area contributed by atoms with Crippen molar-refractivity contribution in [3.05, 3.63) is 30.3 Å². The van der Waals surface area contributed by atoms with E-state index in [4.69, 9.17) is 4.74 Å². The van der Waals surface area contributed by atoms with Gasteiger partial charge in [0.25, 0.3) is 0 Å². The summed E-state index contributed by atoms with van der Waals surface area (Å²) in [4.78, 5) is 23.0. The Morgan fingerprint density at radius 2 is 1.90 bits per heavy atom. The fourth-order valence-electron chi connectivity index (χ4n) is 1.47. The molecule has 1 rings (SSSR count). The monoisotopic (exact) mass is 278 g/mol. The van der Waals surface area contributed by atoms with E-state index in [0.29, 0.717) is 6.61 Å². The van der Waals surface area contributed by atoms with Crippen LogP contribution in [0.5, 0.6) is 5.75 Å². The van der Waals surface area contributed by atoms with Crippen LogP contribution in [0.25, 0.3) is 0 Å². The third-order valence-corrected chi connectivity index (χ3v) is 2.81. The largest absolute Gasteiger partial charge is 0.493 e. The van der Waals surface area contributed by atoms with Crippen molar-refractivity contribution in [2.75, 3.05) is 13.2 Å². The van der Waals surface area contributed by atoms with Gasteiger partial charge >= 0.3 is 0 Å². The van der Waals surface area contributed by atoms with Crippen LogP contribution in [-0.4, -0.2) is 31.0 Å². The number of para-hydroxylation sites is 1. The Kier molecular flexibility index (Phi) is 7.17. The Bertz CT molecular complexity index is 420. The normalized spacial score (nSPS) is 11.5. The number of hydrogen-bond acceptors (Lipinski definition) is 3. The molecule has 20 heavy (non-hydrogen) atoms. The lowest BCUT2D eigenvalue weighted by Gasteiger charge is -2.12. The Morgan fingerprint density at radius 1 is 1.20 bits per heavy atom. The maximum absolute atomic E-state index is 11.5. The van der Waals surface area contributed by atoms with E-state index in [2.05, 4.69) is 10.6 Å². The minimum atomic E-state index is -0.194. The molecule has 0 aliphatic heterocycles. The summed E-state index contributed by atoms with van der Waals surface area (Å²) in [6.07, 6.45) is 1.09. The first kappa shape index (κ1) is 16.0. The van der Waals surface area contributed by atoms with Crippen molar-refractivity contribution in [3.63, 3.8) is 0 Å². The zero-order valence-corrected chi connectivity index (χ0v) is 12.0. The first-order valence-corrected chi connectivity index (χ1v) is 6.85. The highest BCUT2D eigenvalue weighted by atomic mass is 16.5. The van der Waals surface area contributed by atoms with E-state index in [1.54, 1.807) is 0 Å². The number of amides is 2. The number of benzene rings is 1. The Morgan fingerprint density at radius 3 is 2.55 bits per heavy atom. The van der Waals surface area contributed by atoms with Gasteiger partial charge in [-0.15, -0.1) is 0 Å². The van der Waals surface area contributed by atoms with E-state index < -0.39 is 0 Å². The summed E-state index contributed by atoms with van der Waals surface area (Å²) in [6.45, 7) is 4.22. The Labute approximate surface area is 119 Å². The van der Waals surface area contributed by atoms with Gasteiger partial charge in [0.1, 0.15) is 5.75 Å². The number of hydrogen-bond donors (Lipinski definition) is 2. The minimum Gasteiger partial charge on any atom is -0.493 e. The molecule has 0 saturated heterocycles. The molecule has 0 aromatic heterocycles. The maximum Gasteiger partial charge on any atom is 0.239 e. The summed E-state index contributed by atoms with van der Waals surface area (Å²) < 4.78 is 5.40. The van der Waals surface area contributed by atoms with Crippen molar-refractivity contribution >= 4 is 11.8 Å². The van der Waals surface area contributed by atoms with Gasteiger partial charge in [-0.05, 0) is 25.5 Å². The Hall–Kier alpha value is -2.04. The summed E-state index contributed by atoms with van der Waals surface area (Å²) in [5.74, 6) is 0.367. The first-order valence-electron chi connectivity index (χ1n) is 6.85. The molecule has 0 aliphatic carbocycles. The Balaban J connectivity index is 2.13. The molecule has 5 nitrogen and oxygen atoms in total. The molecule has 110 valence electrons. The maximum atomic E-state index is 11.5. The lowest BCUT2D eigenvalue weighted by Crippen LogP contribution is -2.40. The first-order chi connectivity index (χ1) is 9.61. The van der Waals surface area contributed by atoms with E-state index in [1.807, 2.05) is 44.2 Å². The molecule has 1 aromatic carbocycles. The van der Waals surface area contributed by atoms with E-state index >= 15 is 0 Å². The van der Waals surface area contributed by atoms with Gasteiger partial charge in [-0.2, -0.15) is 0 Å². The van der Waals surface area contributed by atoms with Crippen molar-refractivity contribution < 1.29 is 14.3 Å². The average Bonchev–Trinajstić information content (AvgIpc) is 2.46. The standard InChI is InChI=1S/C15H22N2O3/c1-3-12(2)17-15(19)11-16-14(18)9-10-20-13-7-5-4-6-8-13/h4-8,12H,3,9-11H2,1-2H3,(H,16,18)(H,17,19). The summed E-state index contributed by atoms with van der Waals surface area (Å²) in [5, 5.41) is 5.35. The second-order valence-corrected chi connectivity index (χ2v) is 4.57. The molecule has 5 heteroatoms. The summed E-state index contributed by atoms with van der Waals surface area (Å²) in [5.41, 5.74) is 0. The van der Waals surface area contributed by atoms with Gasteiger partial charge in [-0.3, -0.25) is 9.59 Å². The highest BCUT2D eigenvalue weighted by Crippen LogP contribution is 2.08. The second-order valence-electron chi connectivity index (χ2n) is 4.57. The molecule has 2 N–H and O–H groups in total. The molecule has 0 radical (unpaired) electrons. The average molecular weight is 278 g/mol. The number of carbonyl (C=O) groups is 2. The van der Waals surface area contributed by atoms with Crippen molar-refractivity contribution in [2.24, 2.45) is 0 Å². The zero-order valence-electron chi connectivity index (χ0n) is 12.0. The lowest BCUT2D eigenvalue weighted by atomic mass is 10.2. The molecule has 0 heterocycles. The number of carbonyl (C=O) groups excluding carboxylic acids is 2. The SMILES string of the molecule is CCC(C)NC(=O)CNC(=O)CCOc1ccccc1. The predicted octanol–water partition coefficient (Wildman–Crippen LogP) is 1.49. The number of rotatable bonds is 8. The molecule has 1 aromatic rings. The molecule has 1 atom stereocenters. The van der Waals surface area contributed by atoms with Gasteiger partial charge in [-0.25, -0.2) is 0 Å². The van der Waals surface area contributed by atoms with Gasteiger partial charge in [0.2, 0.25) is 11.8 Å². The molecule has 0 bridgehead atoms. The van der Waals surface area contributed by atoms with Gasteiger partial charge in [0, 0.05) is 6.04 Å². The quantitative estimate of drug-likeness (QED) is 0.757. The number of ether oxygens (including phenoxy) is 1. The van der Waals surface area contributed by atoms with E-state index in [1.165, 1.54) is 0 Å². The highest BCUT2D eigenvalue weighted by molar-refractivity contribution is 5.84. The van der Waals surface area contributed by atoms with Crippen molar-refractivity contribution in [2.45, 2.75) is 32.7 Å². The van der Waals surface area contributed by atoms with Crippen LogP contribution in [-0.2, 0) is 9.59 Å². The smallest absolute Gasteiger partial charge is 0.239 e. The van der Waals surface area contributed by atoms with Gasteiger partial charge < -0.3 is 15.4 Å². The molecule has 2 amide bonds. The molecular formula is C15H22N2O3. The molecule has 0 aliphatic rings. The molecule has 0 fully saturated rings. The lowest BCUT2D eigenvalue weighted by molar-refractivity contribution is -0.126. The minimum absolute atomic E-state index is 0.00844. The summed E-state index contributed by atoms with van der Waals surface area (Å²) >= 11 is 0. The van der Waals surface area contributed by atoms with Gasteiger partial charge in [0.05, 0.1) is 19.6 Å². The second kappa shape index (κ2) is 8.96.